The molecule has 0 radical (unpaired) electrons. The molecule has 0 N–H and O–H groups in total. The van der Waals surface area contributed by atoms with Gasteiger partial charge in [-0.2, -0.15) is 0 Å². The maximum absolute atomic E-state index is 4.12. The molecular weight excluding hydrogens is 511 g/mol. The molecule has 4 atom stereocenters. The van der Waals surface area contributed by atoms with Crippen molar-refractivity contribution in [2.75, 3.05) is 20.1 Å². The third-order valence-corrected chi connectivity index (χ3v) is 12.7. The summed E-state index contributed by atoms with van der Waals surface area (Å²) in [6, 6.07) is 23.0. The summed E-state index contributed by atoms with van der Waals surface area (Å²) in [7, 11) is 11.7. The Bertz CT molecular complexity index is 683. The second-order valence-electron chi connectivity index (χ2n) is 7.51. The summed E-state index contributed by atoms with van der Waals surface area (Å²) < 4.78 is 6.66. The van der Waals surface area contributed by atoms with Crippen molar-refractivity contribution in [3.05, 3.63) is 60.7 Å². The predicted molar refractivity (Wildman–Crippen MR) is 162 cm³/mol. The second-order valence-corrected chi connectivity index (χ2v) is 23.0. The highest BCUT2D eigenvalue weighted by molar-refractivity contribution is 8.68. The molecule has 0 aromatic heterocycles. The molecule has 0 bridgehead atoms. The molecule has 4 unspecified atom stereocenters. The van der Waals surface area contributed by atoms with Gasteiger partial charge in [-0.1, -0.05) is 69.6 Å². The molecule has 10 heteroatoms. The first-order valence-electron chi connectivity index (χ1n) is 10.3. The molecule has 172 valence electrons. The van der Waals surface area contributed by atoms with Crippen LogP contribution in [0, 0.1) is 0 Å². The largest absolute Gasteiger partial charge is 0.297 e. The average Bonchev–Trinajstić information content (AvgIpc) is 2.74. The third kappa shape index (κ3) is 12.3. The summed E-state index contributed by atoms with van der Waals surface area (Å²) in [6.45, 7) is 11.4. The van der Waals surface area contributed by atoms with Crippen LogP contribution in [-0.4, -0.2) is 41.8 Å². The van der Waals surface area contributed by atoms with E-state index in [9.17, 15) is 0 Å². The Morgan fingerprint density at radius 2 is 1.32 bits per heavy atom. The van der Waals surface area contributed by atoms with E-state index in [0.717, 1.165) is 29.6 Å². The number of nitrogens with zero attached hydrogens (tertiary/aromatic N) is 3. The Morgan fingerprint density at radius 1 is 0.871 bits per heavy atom. The topological polar surface area (TPSA) is 18.8 Å². The molecular formula is C21H38N3P7. The fraction of sp³-hybridized carbons (Fsp3) is 0.429. The summed E-state index contributed by atoms with van der Waals surface area (Å²) >= 11 is 0. The molecule has 0 aliphatic rings. The second kappa shape index (κ2) is 17.5. The van der Waals surface area contributed by atoms with Crippen molar-refractivity contribution < 1.29 is 0 Å². The van der Waals surface area contributed by atoms with Crippen molar-refractivity contribution in [3.8, 4) is 0 Å². The van der Waals surface area contributed by atoms with Crippen LogP contribution >= 0.6 is 58.3 Å². The fourth-order valence-corrected chi connectivity index (χ4v) is 11.7. The molecule has 0 fully saturated rings. The Hall–Kier alpha value is 1.04. The molecule has 0 aliphatic carbocycles. The van der Waals surface area contributed by atoms with Crippen molar-refractivity contribution >= 4 is 68.9 Å². The number of likely N-dealkylation sites (N-methyl/N-ethyl adjacent to an activating group) is 1. The molecule has 0 amide bonds. The van der Waals surface area contributed by atoms with Gasteiger partial charge in [0.05, 0.1) is 0 Å². The van der Waals surface area contributed by atoms with Crippen LogP contribution < -0.4 is 10.6 Å². The summed E-state index contributed by atoms with van der Waals surface area (Å²) in [6.07, 6.45) is 0. The van der Waals surface area contributed by atoms with E-state index in [1.54, 1.807) is 0 Å². The third-order valence-electron chi connectivity index (χ3n) is 4.57. The first kappa shape index (κ1) is 30.1. The molecule has 2 rings (SSSR count). The van der Waals surface area contributed by atoms with Crippen molar-refractivity contribution in [1.29, 1.82) is 0 Å². The Balaban J connectivity index is 0.000000592. The highest BCUT2D eigenvalue weighted by atomic mass is 32.7. The van der Waals surface area contributed by atoms with Gasteiger partial charge in [0.15, 0.2) is 0 Å². The minimum Gasteiger partial charge on any atom is -0.297 e. The van der Waals surface area contributed by atoms with Crippen LogP contribution in [-0.2, 0) is 0 Å². The van der Waals surface area contributed by atoms with E-state index < -0.39 is 8.07 Å². The number of hydrogen-bond acceptors (Lipinski definition) is 3. The van der Waals surface area contributed by atoms with Gasteiger partial charge >= 0.3 is 0 Å². The zero-order valence-corrected chi connectivity index (χ0v) is 26.4. The molecule has 3 nitrogen and oxygen atoms in total. The standard InChI is InChI=1S/C21H31N2P.H7NP6/c1-18(2)23(19(3)4)17-16-22(5)24(20-12-8-6-9-13-20)21-14-10-7-11-15-21;2-5-1-6-7(3)4/h6-15,18-19H,16-17H2,1-5H3;6H,2-4H2. The lowest BCUT2D eigenvalue weighted by Crippen LogP contribution is -2.42. The predicted octanol–water partition coefficient (Wildman–Crippen LogP) is 7.56. The smallest absolute Gasteiger partial charge is 0.0389 e. The maximum Gasteiger partial charge on any atom is 0.0389 e. The zero-order valence-electron chi connectivity index (χ0n) is 19.3. The van der Waals surface area contributed by atoms with E-state index >= 15 is 0 Å². The lowest BCUT2D eigenvalue weighted by molar-refractivity contribution is 0.168. The molecule has 2 aromatic rings. The van der Waals surface area contributed by atoms with Gasteiger partial charge in [-0.05, 0) is 52.3 Å². The van der Waals surface area contributed by atoms with Crippen molar-refractivity contribution in [2.24, 2.45) is 4.52 Å². The number of rotatable bonds is 10. The van der Waals surface area contributed by atoms with E-state index in [4.69, 9.17) is 0 Å². The first-order valence-corrected chi connectivity index (χ1v) is 20.4. The maximum atomic E-state index is 4.12. The van der Waals surface area contributed by atoms with Crippen LogP contribution in [0.25, 0.3) is 0 Å². The average molecular weight is 549 g/mol. The molecule has 0 aliphatic heterocycles. The van der Waals surface area contributed by atoms with Gasteiger partial charge in [-0.15, -0.1) is 17.9 Å². The van der Waals surface area contributed by atoms with Gasteiger partial charge in [-0.25, -0.2) is 4.52 Å². The van der Waals surface area contributed by atoms with Crippen LogP contribution in [0.1, 0.15) is 27.7 Å². The SMILES string of the molecule is CC(C)N(CCN(C)P(c1ccccc1)c1ccccc1)C(C)C.PP=NPP(P)P. The molecule has 0 spiro atoms. The number of benzene rings is 2. The van der Waals surface area contributed by atoms with E-state index in [0.29, 0.717) is 12.1 Å². The summed E-state index contributed by atoms with van der Waals surface area (Å²) in [5.41, 5.74) is 0. The molecule has 31 heavy (non-hydrogen) atoms. The highest BCUT2D eigenvalue weighted by Gasteiger charge is 2.21. The van der Waals surface area contributed by atoms with Crippen molar-refractivity contribution in [2.45, 2.75) is 39.8 Å². The molecule has 0 saturated heterocycles. The van der Waals surface area contributed by atoms with Gasteiger partial charge in [0.25, 0.3) is 0 Å². The van der Waals surface area contributed by atoms with E-state index in [2.05, 4.69) is 136 Å². The van der Waals surface area contributed by atoms with E-state index in [1.807, 2.05) is 0 Å². The Labute approximate surface area is 203 Å². The van der Waals surface area contributed by atoms with Gasteiger partial charge < -0.3 is 0 Å². The van der Waals surface area contributed by atoms with Crippen LogP contribution in [0.3, 0.4) is 0 Å². The molecule has 0 saturated carbocycles. The van der Waals surface area contributed by atoms with Crippen LogP contribution in [0.2, 0.25) is 0 Å². The van der Waals surface area contributed by atoms with Gasteiger partial charge in [0, 0.05) is 49.7 Å². The van der Waals surface area contributed by atoms with Crippen molar-refractivity contribution in [3.63, 3.8) is 0 Å². The Kier molecular flexibility index (Phi) is 16.9. The quantitative estimate of drug-likeness (QED) is 0.285. The minimum absolute atomic E-state index is 0.0678. The highest BCUT2D eigenvalue weighted by Crippen LogP contribution is 2.69. The van der Waals surface area contributed by atoms with Crippen LogP contribution in [0.15, 0.2) is 65.2 Å². The van der Waals surface area contributed by atoms with Crippen LogP contribution in [0.5, 0.6) is 0 Å². The lowest BCUT2D eigenvalue weighted by atomic mass is 10.2. The fourth-order valence-electron chi connectivity index (χ4n) is 3.23. The molecule has 2 aromatic carbocycles. The summed E-state index contributed by atoms with van der Waals surface area (Å²) in [5, 5.41) is 2.84. The van der Waals surface area contributed by atoms with Crippen molar-refractivity contribution in [1.82, 2.24) is 9.57 Å². The first-order chi connectivity index (χ1) is 14.8. The normalized spacial score (nSPS) is 12.3. The number of hydrogen-bond donors (Lipinski definition) is 0. The van der Waals surface area contributed by atoms with Gasteiger partial charge in [0.2, 0.25) is 0 Å². The van der Waals surface area contributed by atoms with Gasteiger partial charge in [0.1, 0.15) is 0 Å². The monoisotopic (exact) mass is 549 g/mol. The van der Waals surface area contributed by atoms with E-state index in [1.165, 1.54) is 10.6 Å². The zero-order chi connectivity index (χ0) is 23.2. The summed E-state index contributed by atoms with van der Waals surface area (Å²) in [4.78, 5) is 2.57. The summed E-state index contributed by atoms with van der Waals surface area (Å²) in [5.74, 6) is 0. The van der Waals surface area contributed by atoms with E-state index in [-0.39, 0.29) is 6.99 Å². The molecule has 0 heterocycles. The minimum atomic E-state index is -0.475. The Morgan fingerprint density at radius 3 is 1.65 bits per heavy atom. The lowest BCUT2D eigenvalue weighted by Gasteiger charge is -2.35. The van der Waals surface area contributed by atoms with Gasteiger partial charge in [-0.3, -0.25) is 9.57 Å². The van der Waals surface area contributed by atoms with Crippen LogP contribution in [0.4, 0.5) is 0 Å².